The van der Waals surface area contributed by atoms with Gasteiger partial charge in [-0.3, -0.25) is 4.79 Å². The van der Waals surface area contributed by atoms with Gasteiger partial charge < -0.3 is 19.9 Å². The Balaban J connectivity index is 1.84. The molecule has 0 bridgehead atoms. The molecule has 2 aromatic carbocycles. The zero-order valence-electron chi connectivity index (χ0n) is 16.6. The van der Waals surface area contributed by atoms with Crippen LogP contribution in [0.1, 0.15) is 42.5 Å². The van der Waals surface area contributed by atoms with Crippen LogP contribution in [0.3, 0.4) is 0 Å². The lowest BCUT2D eigenvalue weighted by molar-refractivity contribution is -0.132. The van der Waals surface area contributed by atoms with Crippen LogP contribution in [0.5, 0.6) is 17.2 Å². The molecular weight excluding hydrogens is 342 g/mol. The van der Waals surface area contributed by atoms with Crippen LogP contribution in [0.4, 0.5) is 5.69 Å². The van der Waals surface area contributed by atoms with Gasteiger partial charge in [-0.25, -0.2) is 0 Å². The Hall–Kier alpha value is -2.69. The van der Waals surface area contributed by atoms with Gasteiger partial charge in [0.1, 0.15) is 29.5 Å². The summed E-state index contributed by atoms with van der Waals surface area (Å²) in [5.41, 5.74) is 10.0. The maximum Gasteiger partial charge on any atom is 0.308 e. The number of hydrogen-bond donors (Lipinski definition) is 1. The average Bonchev–Trinajstić information content (AvgIpc) is 2.63. The predicted octanol–water partition coefficient (Wildman–Crippen LogP) is 4.28. The standard InChI is InChI=1S/C22H27NO4/c1-13-14(2)21-19(15(3)20(13)26-16(4)24)10-11-22(5,27-21)12-25-18-8-6-17(23)7-9-18/h6-9H,10-12,23H2,1-5H3/t22-/m0/s1. The van der Waals surface area contributed by atoms with Crippen LogP contribution in [0.15, 0.2) is 24.3 Å². The van der Waals surface area contributed by atoms with Crippen LogP contribution in [0, 0.1) is 20.8 Å². The summed E-state index contributed by atoms with van der Waals surface area (Å²) in [5, 5.41) is 0. The van der Waals surface area contributed by atoms with Gasteiger partial charge in [0.2, 0.25) is 0 Å². The summed E-state index contributed by atoms with van der Waals surface area (Å²) >= 11 is 0. The molecule has 0 spiro atoms. The number of benzene rings is 2. The highest BCUT2D eigenvalue weighted by molar-refractivity contribution is 5.72. The third kappa shape index (κ3) is 3.87. The monoisotopic (exact) mass is 369 g/mol. The summed E-state index contributed by atoms with van der Waals surface area (Å²) in [6, 6.07) is 7.37. The summed E-state index contributed by atoms with van der Waals surface area (Å²) in [6.07, 6.45) is 1.66. The third-order valence-electron chi connectivity index (χ3n) is 5.23. The molecule has 1 atom stereocenters. The fraction of sp³-hybridized carbons (Fsp3) is 0.409. The molecule has 27 heavy (non-hydrogen) atoms. The van der Waals surface area contributed by atoms with Gasteiger partial charge in [0.25, 0.3) is 0 Å². The molecule has 2 aromatic rings. The van der Waals surface area contributed by atoms with Crippen molar-refractivity contribution in [2.45, 2.75) is 53.1 Å². The van der Waals surface area contributed by atoms with Crippen molar-refractivity contribution in [3.63, 3.8) is 0 Å². The first-order valence-electron chi connectivity index (χ1n) is 9.18. The van der Waals surface area contributed by atoms with Crippen molar-refractivity contribution in [1.29, 1.82) is 0 Å². The highest BCUT2D eigenvalue weighted by atomic mass is 16.5. The number of nitrogen functional groups attached to an aromatic ring is 1. The highest BCUT2D eigenvalue weighted by Gasteiger charge is 2.35. The molecule has 3 rings (SSSR count). The highest BCUT2D eigenvalue weighted by Crippen LogP contribution is 2.43. The van der Waals surface area contributed by atoms with Crippen molar-refractivity contribution in [2.75, 3.05) is 12.3 Å². The number of nitrogens with two attached hydrogens (primary N) is 1. The van der Waals surface area contributed by atoms with Crippen molar-refractivity contribution >= 4 is 11.7 Å². The Morgan fingerprint density at radius 3 is 2.44 bits per heavy atom. The van der Waals surface area contributed by atoms with Crippen LogP contribution in [-0.4, -0.2) is 18.2 Å². The minimum Gasteiger partial charge on any atom is -0.489 e. The normalized spacial score (nSPS) is 18.4. The molecule has 0 amide bonds. The first-order chi connectivity index (χ1) is 12.7. The molecule has 0 radical (unpaired) electrons. The number of fused-ring (bicyclic) bond motifs is 1. The zero-order chi connectivity index (χ0) is 19.8. The van der Waals surface area contributed by atoms with Gasteiger partial charge in [0.15, 0.2) is 0 Å². The van der Waals surface area contributed by atoms with Crippen molar-refractivity contribution in [1.82, 2.24) is 0 Å². The van der Waals surface area contributed by atoms with E-state index >= 15 is 0 Å². The van der Waals surface area contributed by atoms with E-state index in [1.54, 1.807) is 0 Å². The number of hydrogen-bond acceptors (Lipinski definition) is 5. The van der Waals surface area contributed by atoms with E-state index in [9.17, 15) is 4.79 Å². The zero-order valence-corrected chi connectivity index (χ0v) is 16.6. The second-order valence-electron chi connectivity index (χ2n) is 7.52. The quantitative estimate of drug-likeness (QED) is 0.495. The number of esters is 1. The van der Waals surface area contributed by atoms with E-state index in [0.29, 0.717) is 18.0 Å². The van der Waals surface area contributed by atoms with Gasteiger partial charge in [-0.2, -0.15) is 0 Å². The molecule has 5 nitrogen and oxygen atoms in total. The lowest BCUT2D eigenvalue weighted by Gasteiger charge is -2.37. The second kappa shape index (κ2) is 7.14. The Labute approximate surface area is 160 Å². The summed E-state index contributed by atoms with van der Waals surface area (Å²) in [4.78, 5) is 11.5. The first-order valence-corrected chi connectivity index (χ1v) is 9.18. The maximum atomic E-state index is 11.5. The van der Waals surface area contributed by atoms with Crippen molar-refractivity contribution < 1.29 is 19.0 Å². The number of rotatable bonds is 4. The molecule has 0 unspecified atom stereocenters. The molecule has 0 fully saturated rings. The van der Waals surface area contributed by atoms with Gasteiger partial charge >= 0.3 is 5.97 Å². The van der Waals surface area contributed by atoms with Gasteiger partial charge in [-0.15, -0.1) is 0 Å². The summed E-state index contributed by atoms with van der Waals surface area (Å²) < 4.78 is 17.8. The minimum atomic E-state index is -0.430. The molecule has 0 saturated carbocycles. The lowest BCUT2D eigenvalue weighted by atomic mass is 9.87. The molecule has 1 heterocycles. The van der Waals surface area contributed by atoms with Crippen molar-refractivity contribution in [2.24, 2.45) is 0 Å². The van der Waals surface area contributed by atoms with Crippen LogP contribution in [0.25, 0.3) is 0 Å². The fourth-order valence-corrected chi connectivity index (χ4v) is 3.48. The summed E-state index contributed by atoms with van der Waals surface area (Å²) in [5.74, 6) is 2.01. The molecule has 5 heteroatoms. The molecule has 0 aliphatic carbocycles. The SMILES string of the molecule is CC(=O)Oc1c(C)c(C)c2c(c1C)CC[C@@](C)(COc1ccc(N)cc1)O2. The van der Waals surface area contributed by atoms with E-state index in [4.69, 9.17) is 19.9 Å². The van der Waals surface area contributed by atoms with E-state index in [1.807, 2.05) is 45.0 Å². The number of carbonyl (C=O) groups excluding carboxylic acids is 1. The topological polar surface area (TPSA) is 70.8 Å². The van der Waals surface area contributed by atoms with Gasteiger partial charge in [-0.1, -0.05) is 0 Å². The second-order valence-corrected chi connectivity index (χ2v) is 7.52. The third-order valence-corrected chi connectivity index (χ3v) is 5.23. The van der Waals surface area contributed by atoms with E-state index in [2.05, 4.69) is 6.92 Å². The summed E-state index contributed by atoms with van der Waals surface area (Å²) in [6.45, 7) is 9.89. The smallest absolute Gasteiger partial charge is 0.308 e. The van der Waals surface area contributed by atoms with Gasteiger partial charge in [-0.05, 0) is 81.5 Å². The Bertz CT molecular complexity index is 873. The Kier molecular flexibility index (Phi) is 5.05. The van der Waals surface area contributed by atoms with Gasteiger partial charge in [0.05, 0.1) is 0 Å². The summed E-state index contributed by atoms with van der Waals surface area (Å²) in [7, 11) is 0. The fourth-order valence-electron chi connectivity index (χ4n) is 3.48. The molecular formula is C22H27NO4. The Morgan fingerprint density at radius 2 is 1.81 bits per heavy atom. The van der Waals surface area contributed by atoms with Crippen molar-refractivity contribution in [3.8, 4) is 17.2 Å². The maximum absolute atomic E-state index is 11.5. The van der Waals surface area contributed by atoms with E-state index in [1.165, 1.54) is 6.92 Å². The van der Waals surface area contributed by atoms with Crippen molar-refractivity contribution in [3.05, 3.63) is 46.5 Å². The predicted molar refractivity (Wildman–Crippen MR) is 106 cm³/mol. The van der Waals surface area contributed by atoms with Gasteiger partial charge in [0, 0.05) is 18.2 Å². The molecule has 0 saturated heterocycles. The van der Waals surface area contributed by atoms with E-state index < -0.39 is 5.60 Å². The number of carbonyl (C=O) groups is 1. The van der Waals surface area contributed by atoms with Crippen LogP contribution >= 0.6 is 0 Å². The lowest BCUT2D eigenvalue weighted by Crippen LogP contribution is -2.42. The molecule has 144 valence electrons. The number of ether oxygens (including phenoxy) is 3. The first kappa shape index (κ1) is 19.1. The molecule has 0 aromatic heterocycles. The average molecular weight is 369 g/mol. The van der Waals surface area contributed by atoms with E-state index in [0.717, 1.165) is 46.6 Å². The molecule has 1 aliphatic heterocycles. The molecule has 2 N–H and O–H groups in total. The van der Waals surface area contributed by atoms with Crippen LogP contribution in [-0.2, 0) is 11.2 Å². The minimum absolute atomic E-state index is 0.306. The number of anilines is 1. The van der Waals surface area contributed by atoms with Crippen LogP contribution < -0.4 is 19.9 Å². The largest absolute Gasteiger partial charge is 0.489 e. The molecule has 1 aliphatic rings. The Morgan fingerprint density at radius 1 is 1.15 bits per heavy atom. The van der Waals surface area contributed by atoms with Crippen LogP contribution in [0.2, 0.25) is 0 Å². The van der Waals surface area contributed by atoms with E-state index in [-0.39, 0.29) is 5.97 Å².